The van der Waals surface area contributed by atoms with E-state index in [-0.39, 0.29) is 11.8 Å². The summed E-state index contributed by atoms with van der Waals surface area (Å²) in [5.74, 6) is 1.38. The number of urea groups is 1. The molecule has 2 aliphatic heterocycles. The summed E-state index contributed by atoms with van der Waals surface area (Å²) in [7, 11) is 0. The molecule has 6 nitrogen and oxygen atoms in total. The minimum atomic E-state index is -0.439. The molecule has 0 radical (unpaired) electrons. The third kappa shape index (κ3) is 3.42. The second-order valence-corrected chi connectivity index (χ2v) is 9.83. The summed E-state index contributed by atoms with van der Waals surface area (Å²) < 4.78 is 20.5. The summed E-state index contributed by atoms with van der Waals surface area (Å²) in [6, 6.07) is 10.8. The number of carbonyl (C=O) groups excluding carboxylic acids is 1. The lowest BCUT2D eigenvalue weighted by atomic mass is 9.98. The molecule has 1 unspecified atom stereocenters. The van der Waals surface area contributed by atoms with Crippen molar-refractivity contribution in [1.29, 1.82) is 0 Å². The maximum absolute atomic E-state index is 14.3. The van der Waals surface area contributed by atoms with Crippen LogP contribution in [0.2, 0.25) is 0 Å². The van der Waals surface area contributed by atoms with Crippen molar-refractivity contribution in [3.63, 3.8) is 0 Å². The number of rotatable bonds is 4. The van der Waals surface area contributed by atoms with Gasteiger partial charge in [0.2, 0.25) is 0 Å². The predicted molar refractivity (Wildman–Crippen MR) is 126 cm³/mol. The third-order valence-corrected chi connectivity index (χ3v) is 7.34. The molecule has 1 aromatic carbocycles. The Labute approximate surface area is 197 Å². The average Bonchev–Trinajstić information content (AvgIpc) is 3.76. The molecular weight excluding hydrogens is 431 g/mol. The number of aromatic nitrogens is 2. The van der Waals surface area contributed by atoms with Gasteiger partial charge in [-0.1, -0.05) is 6.07 Å². The van der Waals surface area contributed by atoms with Crippen LogP contribution in [0.1, 0.15) is 78.3 Å². The van der Waals surface area contributed by atoms with Crippen LogP contribution in [0.25, 0.3) is 0 Å². The van der Waals surface area contributed by atoms with Crippen molar-refractivity contribution in [2.24, 2.45) is 0 Å². The number of benzene rings is 1. The highest BCUT2D eigenvalue weighted by molar-refractivity contribution is 6.04. The van der Waals surface area contributed by atoms with Gasteiger partial charge in [-0.25, -0.2) is 9.18 Å². The molecule has 0 bridgehead atoms. The van der Waals surface area contributed by atoms with E-state index in [1.54, 1.807) is 17.2 Å². The van der Waals surface area contributed by atoms with Gasteiger partial charge < -0.3 is 10.1 Å². The molecule has 0 saturated heterocycles. The number of ether oxygens (including phenoxy) is 1. The number of fused-ring (bicyclic) bond motifs is 2. The number of nitrogens with one attached hydrogen (secondary N) is 1. The van der Waals surface area contributed by atoms with Crippen LogP contribution in [0.3, 0.4) is 0 Å². The Hall–Kier alpha value is -3.48. The summed E-state index contributed by atoms with van der Waals surface area (Å²) in [5.41, 5.74) is 6.47. The molecule has 7 heteroatoms. The number of pyridine rings is 2. The van der Waals surface area contributed by atoms with Gasteiger partial charge in [0, 0.05) is 41.0 Å². The fraction of sp³-hybridized carbons (Fsp3) is 0.370. The Balaban J connectivity index is 1.20. The monoisotopic (exact) mass is 456 g/mol. The van der Waals surface area contributed by atoms with E-state index in [0.717, 1.165) is 40.3 Å². The van der Waals surface area contributed by atoms with E-state index in [2.05, 4.69) is 16.4 Å². The average molecular weight is 457 g/mol. The lowest BCUT2D eigenvalue weighted by Crippen LogP contribution is -2.39. The van der Waals surface area contributed by atoms with Gasteiger partial charge in [-0.05, 0) is 68.4 Å². The van der Waals surface area contributed by atoms with E-state index >= 15 is 0 Å². The van der Waals surface area contributed by atoms with Gasteiger partial charge in [0.25, 0.3) is 0 Å². The van der Waals surface area contributed by atoms with Crippen LogP contribution in [0.15, 0.2) is 42.6 Å². The molecule has 172 valence electrons. The number of hydrogen-bond donors (Lipinski definition) is 1. The highest BCUT2D eigenvalue weighted by Gasteiger charge is 2.36. The molecule has 1 atom stereocenters. The van der Waals surface area contributed by atoms with Gasteiger partial charge in [-0.15, -0.1) is 0 Å². The zero-order chi connectivity index (χ0) is 22.8. The highest BCUT2D eigenvalue weighted by Crippen LogP contribution is 2.47. The first-order valence-electron chi connectivity index (χ1n) is 12.2. The van der Waals surface area contributed by atoms with Crippen LogP contribution in [-0.2, 0) is 13.0 Å². The second-order valence-electron chi connectivity index (χ2n) is 9.83. The number of amides is 2. The van der Waals surface area contributed by atoms with Crippen molar-refractivity contribution in [1.82, 2.24) is 9.97 Å². The second kappa shape index (κ2) is 7.52. The largest absolute Gasteiger partial charge is 0.484 e. The van der Waals surface area contributed by atoms with Gasteiger partial charge in [0.15, 0.2) is 0 Å². The van der Waals surface area contributed by atoms with Gasteiger partial charge in [-0.2, -0.15) is 0 Å². The first kappa shape index (κ1) is 19.9. The quantitative estimate of drug-likeness (QED) is 0.524. The van der Waals surface area contributed by atoms with E-state index in [1.165, 1.54) is 31.7 Å². The minimum Gasteiger partial charge on any atom is -0.484 e. The first-order valence-corrected chi connectivity index (χ1v) is 12.2. The summed E-state index contributed by atoms with van der Waals surface area (Å²) in [4.78, 5) is 24.1. The Bertz CT molecular complexity index is 1320. The van der Waals surface area contributed by atoms with E-state index in [0.29, 0.717) is 36.2 Å². The van der Waals surface area contributed by atoms with Gasteiger partial charge in [-0.3, -0.25) is 14.9 Å². The van der Waals surface area contributed by atoms with Crippen molar-refractivity contribution in [2.75, 3.05) is 10.2 Å². The van der Waals surface area contributed by atoms with E-state index in [1.807, 2.05) is 18.2 Å². The lowest BCUT2D eigenvalue weighted by molar-refractivity contribution is 0.167. The number of anilines is 2. The lowest BCUT2D eigenvalue weighted by Gasteiger charge is -2.32. The third-order valence-electron chi connectivity index (χ3n) is 7.34. The number of halogens is 1. The smallest absolute Gasteiger partial charge is 0.326 e. The number of nitrogens with zero attached hydrogens (tertiary/aromatic N) is 3. The molecule has 2 amide bonds. The molecule has 2 aromatic heterocycles. The van der Waals surface area contributed by atoms with Crippen LogP contribution in [0.5, 0.6) is 5.75 Å². The zero-order valence-corrected chi connectivity index (χ0v) is 18.8. The molecular formula is C27H25FN4O2. The molecule has 34 heavy (non-hydrogen) atoms. The maximum Gasteiger partial charge on any atom is 0.326 e. The minimum absolute atomic E-state index is 0.148. The molecule has 2 fully saturated rings. The maximum atomic E-state index is 14.3. The number of hydrogen-bond acceptors (Lipinski definition) is 4. The Morgan fingerprint density at radius 1 is 1.03 bits per heavy atom. The van der Waals surface area contributed by atoms with Crippen LogP contribution >= 0.6 is 0 Å². The molecule has 4 aliphatic rings. The summed E-state index contributed by atoms with van der Waals surface area (Å²) >= 11 is 0. The summed E-state index contributed by atoms with van der Waals surface area (Å²) in [6.07, 6.45) is 7.29. The molecule has 1 N–H and O–H groups in total. The molecule has 4 heterocycles. The van der Waals surface area contributed by atoms with Gasteiger partial charge in [0.1, 0.15) is 23.4 Å². The zero-order valence-electron chi connectivity index (χ0n) is 18.8. The van der Waals surface area contributed by atoms with Crippen molar-refractivity contribution >= 4 is 17.4 Å². The van der Waals surface area contributed by atoms with E-state index in [9.17, 15) is 9.18 Å². The Kier molecular flexibility index (Phi) is 4.41. The topological polar surface area (TPSA) is 67.4 Å². The van der Waals surface area contributed by atoms with Crippen LogP contribution in [0, 0.1) is 5.82 Å². The van der Waals surface area contributed by atoms with Crippen LogP contribution < -0.4 is 15.0 Å². The van der Waals surface area contributed by atoms with Crippen molar-refractivity contribution < 1.29 is 13.9 Å². The molecule has 0 spiro atoms. The number of aryl methyl sites for hydroxylation is 1. The summed E-state index contributed by atoms with van der Waals surface area (Å²) in [5, 5.41) is 3.12. The predicted octanol–water partition coefficient (Wildman–Crippen LogP) is 5.99. The summed E-state index contributed by atoms with van der Waals surface area (Å²) in [6.45, 7) is 0.488. The van der Waals surface area contributed by atoms with Crippen LogP contribution in [-0.4, -0.2) is 16.0 Å². The molecule has 3 aromatic rings. The molecule has 2 aliphatic carbocycles. The first-order chi connectivity index (χ1) is 16.6. The van der Waals surface area contributed by atoms with E-state index in [4.69, 9.17) is 9.72 Å². The van der Waals surface area contributed by atoms with Crippen molar-refractivity contribution in [3.8, 4) is 5.75 Å². The van der Waals surface area contributed by atoms with Gasteiger partial charge >= 0.3 is 6.03 Å². The Morgan fingerprint density at radius 2 is 1.88 bits per heavy atom. The normalized spacial score (nSPS) is 21.4. The molecule has 2 saturated carbocycles. The van der Waals surface area contributed by atoms with Crippen molar-refractivity contribution in [3.05, 3.63) is 76.6 Å². The van der Waals surface area contributed by atoms with E-state index < -0.39 is 6.10 Å². The SMILES string of the molecule is O=C1Nc2cc(C3CC3)nc(C3CC3)c2CN1c1ccc2c(c1)OC(c1ncccc1F)CC2. The highest BCUT2D eigenvalue weighted by atomic mass is 19.1. The molecule has 7 rings (SSSR count). The van der Waals surface area contributed by atoms with Gasteiger partial charge in [0.05, 0.1) is 17.9 Å². The fourth-order valence-electron chi connectivity index (χ4n) is 5.15. The number of carbonyl (C=O) groups is 1. The fourth-order valence-corrected chi connectivity index (χ4v) is 5.15. The van der Waals surface area contributed by atoms with Crippen LogP contribution in [0.4, 0.5) is 20.6 Å². The standard InChI is InChI=1S/C27H25FN4O2/c28-20-2-1-11-29-26(20)23-10-8-16-7-9-18(12-24(16)34-23)32-14-19-22(31-27(32)33)13-21(15-3-4-15)30-25(19)17-5-6-17/h1-2,7,9,11-13,15,17,23H,3-6,8,10,14H2,(H,31,33). The Morgan fingerprint density at radius 3 is 2.68 bits per heavy atom. The van der Waals surface area contributed by atoms with Crippen molar-refractivity contribution in [2.45, 2.75) is 63.0 Å².